The molecule has 0 unspecified atom stereocenters. The van der Waals surface area contributed by atoms with Crippen molar-refractivity contribution in [2.45, 2.75) is 37.4 Å². The zero-order valence-corrected chi connectivity index (χ0v) is 12.5. The van der Waals surface area contributed by atoms with E-state index in [2.05, 4.69) is 14.9 Å². The number of nitrogen functional groups attached to an aromatic ring is 1. The lowest BCUT2D eigenvalue weighted by Crippen LogP contribution is -2.45. The van der Waals surface area contributed by atoms with Crippen LogP contribution in [0.25, 0.3) is 0 Å². The molecule has 0 bridgehead atoms. The quantitative estimate of drug-likeness (QED) is 0.678. The van der Waals surface area contributed by atoms with Crippen molar-refractivity contribution >= 4 is 17.5 Å². The summed E-state index contributed by atoms with van der Waals surface area (Å²) in [6, 6.07) is 0. The summed E-state index contributed by atoms with van der Waals surface area (Å²) in [4.78, 5) is 12.1. The molecule has 3 aliphatic rings. The van der Waals surface area contributed by atoms with Gasteiger partial charge in [0.15, 0.2) is 18.2 Å². The predicted molar refractivity (Wildman–Crippen MR) is 80.5 cm³/mol. The molecule has 1 saturated heterocycles. The van der Waals surface area contributed by atoms with E-state index in [0.29, 0.717) is 18.4 Å². The van der Waals surface area contributed by atoms with Gasteiger partial charge < -0.3 is 30.5 Å². The summed E-state index contributed by atoms with van der Waals surface area (Å²) in [5.74, 6) is 1.30. The van der Waals surface area contributed by atoms with Crippen molar-refractivity contribution in [3.8, 4) is 0 Å². The fraction of sp³-hybridized carbons (Fsp3) is 0.714. The predicted octanol–water partition coefficient (Wildman–Crippen LogP) is -0.531. The van der Waals surface area contributed by atoms with Gasteiger partial charge in [0.1, 0.15) is 17.9 Å². The van der Waals surface area contributed by atoms with Crippen LogP contribution in [0.5, 0.6) is 0 Å². The fourth-order valence-electron chi connectivity index (χ4n) is 3.22. The molecule has 1 saturated carbocycles. The normalized spacial score (nSPS) is 33.3. The van der Waals surface area contributed by atoms with E-state index in [1.807, 2.05) is 0 Å². The van der Waals surface area contributed by atoms with Gasteiger partial charge in [0.05, 0.1) is 19.5 Å². The van der Waals surface area contributed by atoms with E-state index in [1.165, 1.54) is 12.8 Å². The molecule has 9 heteroatoms. The molecule has 0 aromatic carbocycles. The third-order valence-electron chi connectivity index (χ3n) is 4.65. The Morgan fingerprint density at radius 3 is 2.87 bits per heavy atom. The number of halogens is 1. The van der Waals surface area contributed by atoms with Gasteiger partial charge in [0.2, 0.25) is 5.95 Å². The van der Waals surface area contributed by atoms with E-state index in [4.69, 9.17) is 10.5 Å². The number of hydrogen-bond acceptors (Lipinski definition) is 8. The molecule has 0 spiro atoms. The molecule has 4 N–H and O–H groups in total. The number of rotatable bonds is 4. The minimum atomic E-state index is -1.63. The van der Waals surface area contributed by atoms with Crippen molar-refractivity contribution < 1.29 is 19.3 Å². The van der Waals surface area contributed by atoms with Crippen molar-refractivity contribution in [2.75, 3.05) is 35.4 Å². The summed E-state index contributed by atoms with van der Waals surface area (Å²) < 4.78 is 19.5. The topological polar surface area (TPSA) is 108 Å². The Bertz CT molecular complexity index is 602. The molecule has 4 atom stereocenters. The summed E-state index contributed by atoms with van der Waals surface area (Å²) in [6.45, 7) is 0.811. The van der Waals surface area contributed by atoms with Gasteiger partial charge in [-0.1, -0.05) is 0 Å². The van der Waals surface area contributed by atoms with E-state index in [-0.39, 0.29) is 5.95 Å². The van der Waals surface area contributed by atoms with Gasteiger partial charge in [-0.25, -0.2) is 9.37 Å². The third-order valence-corrected chi connectivity index (χ3v) is 4.65. The summed E-state index contributed by atoms with van der Waals surface area (Å²) in [5, 5.41) is 19.3. The van der Waals surface area contributed by atoms with Crippen LogP contribution in [0.2, 0.25) is 0 Å². The maximum atomic E-state index is 14.0. The number of aliphatic hydroxyl groups is 2. The van der Waals surface area contributed by atoms with Crippen LogP contribution < -0.4 is 15.5 Å². The monoisotopic (exact) mass is 325 g/mol. The van der Waals surface area contributed by atoms with Crippen LogP contribution in [-0.2, 0) is 4.74 Å². The zero-order chi connectivity index (χ0) is 16.1. The standard InChI is InChI=1S/C14H20FN5O3/c15-10-9(5-21)23-13(11(10)22)20-6-19(4-7-1-2-7)8-3-17-14(16)18-12(8)20/h3,7,9-11,13,21-22H,1-2,4-6H2,(H2,16,17,18)/t9-,10-,11-,13-/m1/s1. The highest BCUT2D eigenvalue weighted by Gasteiger charge is 2.49. The van der Waals surface area contributed by atoms with Gasteiger partial charge >= 0.3 is 0 Å². The number of aliphatic hydroxyl groups excluding tert-OH is 2. The van der Waals surface area contributed by atoms with Crippen LogP contribution in [0, 0.1) is 5.92 Å². The molecule has 0 radical (unpaired) electrons. The van der Waals surface area contributed by atoms with E-state index < -0.39 is 31.2 Å². The maximum absolute atomic E-state index is 14.0. The van der Waals surface area contributed by atoms with Gasteiger partial charge in [-0.15, -0.1) is 0 Å². The maximum Gasteiger partial charge on any atom is 0.222 e. The highest BCUT2D eigenvalue weighted by atomic mass is 19.1. The lowest BCUT2D eigenvalue weighted by atomic mass is 10.1. The molecule has 1 aromatic heterocycles. The minimum absolute atomic E-state index is 0.116. The highest BCUT2D eigenvalue weighted by Crippen LogP contribution is 2.41. The summed E-state index contributed by atoms with van der Waals surface area (Å²) in [7, 11) is 0. The molecule has 3 heterocycles. The van der Waals surface area contributed by atoms with Crippen molar-refractivity contribution in [3.05, 3.63) is 6.20 Å². The van der Waals surface area contributed by atoms with Gasteiger partial charge in [-0.3, -0.25) is 0 Å². The molecule has 4 rings (SSSR count). The molecular weight excluding hydrogens is 305 g/mol. The summed E-state index contributed by atoms with van der Waals surface area (Å²) in [5.41, 5.74) is 6.49. The lowest BCUT2D eigenvalue weighted by molar-refractivity contribution is -0.0135. The van der Waals surface area contributed by atoms with E-state index in [9.17, 15) is 14.6 Å². The molecule has 1 aromatic rings. The molecular formula is C14H20FN5O3. The van der Waals surface area contributed by atoms with Gasteiger partial charge in [0.25, 0.3) is 0 Å². The first kappa shape index (κ1) is 14.9. The first-order valence-corrected chi connectivity index (χ1v) is 7.81. The molecule has 2 aliphatic heterocycles. The van der Waals surface area contributed by atoms with E-state index in [0.717, 1.165) is 12.2 Å². The molecule has 1 aliphatic carbocycles. The number of fused-ring (bicyclic) bond motifs is 1. The van der Waals surface area contributed by atoms with Crippen LogP contribution in [0.4, 0.5) is 21.8 Å². The Balaban J connectivity index is 1.63. The second kappa shape index (κ2) is 5.43. The second-order valence-corrected chi connectivity index (χ2v) is 6.40. The molecule has 2 fully saturated rings. The van der Waals surface area contributed by atoms with E-state index >= 15 is 0 Å². The average Bonchev–Trinajstić information content (AvgIpc) is 3.23. The number of anilines is 3. The Morgan fingerprint density at radius 1 is 1.43 bits per heavy atom. The largest absolute Gasteiger partial charge is 0.394 e. The Morgan fingerprint density at radius 2 is 2.22 bits per heavy atom. The molecule has 0 amide bonds. The Hall–Kier alpha value is -1.71. The van der Waals surface area contributed by atoms with Crippen LogP contribution in [0.3, 0.4) is 0 Å². The number of hydrogen-bond donors (Lipinski definition) is 3. The third kappa shape index (κ3) is 2.48. The molecule has 23 heavy (non-hydrogen) atoms. The van der Waals surface area contributed by atoms with Crippen LogP contribution in [-0.4, -0.2) is 64.6 Å². The van der Waals surface area contributed by atoms with Gasteiger partial charge in [-0.05, 0) is 18.8 Å². The first-order chi connectivity index (χ1) is 11.1. The second-order valence-electron chi connectivity index (χ2n) is 6.40. The summed E-state index contributed by atoms with van der Waals surface area (Å²) in [6.07, 6.45) is -0.874. The molecule has 126 valence electrons. The lowest BCUT2D eigenvalue weighted by Gasteiger charge is -2.28. The van der Waals surface area contributed by atoms with Crippen molar-refractivity contribution in [1.29, 1.82) is 0 Å². The highest BCUT2D eigenvalue weighted by molar-refractivity contribution is 5.73. The Labute approximate surface area is 132 Å². The number of alkyl halides is 1. The van der Waals surface area contributed by atoms with Crippen molar-refractivity contribution in [2.24, 2.45) is 5.92 Å². The summed E-state index contributed by atoms with van der Waals surface area (Å²) >= 11 is 0. The van der Waals surface area contributed by atoms with Crippen molar-refractivity contribution in [3.63, 3.8) is 0 Å². The fourth-order valence-corrected chi connectivity index (χ4v) is 3.22. The van der Waals surface area contributed by atoms with Gasteiger partial charge in [-0.2, -0.15) is 4.98 Å². The minimum Gasteiger partial charge on any atom is -0.394 e. The Kier molecular flexibility index (Phi) is 3.51. The van der Waals surface area contributed by atoms with Crippen LogP contribution >= 0.6 is 0 Å². The smallest absolute Gasteiger partial charge is 0.222 e. The molecule has 8 nitrogen and oxygen atoms in total. The van der Waals surface area contributed by atoms with E-state index in [1.54, 1.807) is 11.1 Å². The van der Waals surface area contributed by atoms with Crippen molar-refractivity contribution in [1.82, 2.24) is 9.97 Å². The van der Waals surface area contributed by atoms with Crippen LogP contribution in [0.15, 0.2) is 6.20 Å². The SMILES string of the molecule is Nc1ncc2c(n1)N([C@@H]1O[C@H](CO)[C@@H](F)[C@H]1O)CN2CC1CC1. The first-order valence-electron chi connectivity index (χ1n) is 7.81. The number of nitrogens with two attached hydrogens (primary N) is 1. The number of aromatic nitrogens is 2. The average molecular weight is 325 g/mol. The van der Waals surface area contributed by atoms with Crippen LogP contribution in [0.1, 0.15) is 12.8 Å². The number of nitrogens with zero attached hydrogens (tertiary/aromatic N) is 4. The zero-order valence-electron chi connectivity index (χ0n) is 12.5. The van der Waals surface area contributed by atoms with Gasteiger partial charge in [0, 0.05) is 6.54 Å². The number of ether oxygens (including phenoxy) is 1.